The van der Waals surface area contributed by atoms with E-state index >= 15 is 0 Å². The molecule has 0 heterocycles. The summed E-state index contributed by atoms with van der Waals surface area (Å²) < 4.78 is 70.3. The number of alkyl halides is 6. The third-order valence-corrected chi connectivity index (χ3v) is 3.83. The number of rotatable bonds is 7. The third kappa shape index (κ3) is 14.2. The molecule has 182 valence electrons. The van der Waals surface area contributed by atoms with Gasteiger partial charge in [0.15, 0.2) is 0 Å². The van der Waals surface area contributed by atoms with Gasteiger partial charge >= 0.3 is 12.4 Å². The van der Waals surface area contributed by atoms with E-state index < -0.39 is 18.1 Å². The predicted octanol–water partition coefficient (Wildman–Crippen LogP) is 7.75. The zero-order valence-corrected chi connectivity index (χ0v) is 19.2. The maximum Gasteiger partial charge on any atom is 0.454 e. The molecule has 0 radical (unpaired) electrons. The van der Waals surface area contributed by atoms with Gasteiger partial charge in [0.2, 0.25) is 0 Å². The van der Waals surface area contributed by atoms with Crippen LogP contribution in [0.1, 0.15) is 25.8 Å². The lowest BCUT2D eigenvalue weighted by molar-refractivity contribution is -0.164. The molecule has 0 N–H and O–H groups in total. The fourth-order valence-corrected chi connectivity index (χ4v) is 2.46. The second kappa shape index (κ2) is 15.2. The SMILES string of the molecule is C=CC.CC(F)(F)F.O=C(/C(=C\N(CCCS)c1ccccc1)c1ccccc1)C(F)(F)F. The molecular weight excluding hydrogens is 464 g/mol. The van der Waals surface area contributed by atoms with Gasteiger partial charge in [0.25, 0.3) is 5.78 Å². The van der Waals surface area contributed by atoms with Crippen LogP contribution in [0, 0.1) is 0 Å². The number of nitrogens with zero attached hydrogens (tertiary/aromatic N) is 1. The number of allylic oxidation sites excluding steroid dienone is 2. The lowest BCUT2D eigenvalue weighted by Crippen LogP contribution is -2.27. The maximum atomic E-state index is 13.1. The molecule has 9 heteroatoms. The van der Waals surface area contributed by atoms with Gasteiger partial charge in [0.1, 0.15) is 0 Å². The number of ketones is 1. The Morgan fingerprint density at radius 2 is 1.39 bits per heavy atom. The average molecular weight is 492 g/mol. The van der Waals surface area contributed by atoms with Crippen molar-refractivity contribution in [1.82, 2.24) is 0 Å². The number of hydrogen-bond donors (Lipinski definition) is 1. The van der Waals surface area contributed by atoms with Gasteiger partial charge in [-0.1, -0.05) is 54.6 Å². The van der Waals surface area contributed by atoms with Crippen LogP contribution in [-0.2, 0) is 4.79 Å². The second-order valence-corrected chi connectivity index (χ2v) is 6.98. The molecule has 0 aromatic heterocycles. The van der Waals surface area contributed by atoms with E-state index in [1.54, 1.807) is 53.4 Å². The Kier molecular flexibility index (Phi) is 14.0. The van der Waals surface area contributed by atoms with Gasteiger partial charge in [-0.15, -0.1) is 6.58 Å². The van der Waals surface area contributed by atoms with Gasteiger partial charge in [-0.25, -0.2) is 0 Å². The summed E-state index contributed by atoms with van der Waals surface area (Å²) in [6.07, 6.45) is -5.24. The Morgan fingerprint density at radius 1 is 0.970 bits per heavy atom. The van der Waals surface area contributed by atoms with E-state index in [-0.39, 0.29) is 18.1 Å². The van der Waals surface area contributed by atoms with Crippen LogP contribution >= 0.6 is 12.6 Å². The largest absolute Gasteiger partial charge is 0.454 e. The van der Waals surface area contributed by atoms with Crippen LogP contribution in [0.5, 0.6) is 0 Å². The maximum absolute atomic E-state index is 13.1. The molecular formula is C24H27F6NOS. The predicted molar refractivity (Wildman–Crippen MR) is 125 cm³/mol. The van der Waals surface area contributed by atoms with Gasteiger partial charge in [-0.3, -0.25) is 4.79 Å². The molecule has 0 bridgehead atoms. The van der Waals surface area contributed by atoms with E-state index in [0.29, 0.717) is 24.4 Å². The van der Waals surface area contributed by atoms with Crippen molar-refractivity contribution < 1.29 is 31.1 Å². The van der Waals surface area contributed by atoms with Crippen molar-refractivity contribution >= 4 is 29.7 Å². The topological polar surface area (TPSA) is 20.3 Å². The monoisotopic (exact) mass is 491 g/mol. The number of hydrogen-bond acceptors (Lipinski definition) is 3. The van der Waals surface area contributed by atoms with Crippen molar-refractivity contribution in [3.63, 3.8) is 0 Å². The molecule has 0 spiro atoms. The number of anilines is 1. The summed E-state index contributed by atoms with van der Waals surface area (Å²) in [6, 6.07) is 16.9. The molecule has 0 fully saturated rings. The van der Waals surface area contributed by atoms with Crippen LogP contribution in [0.4, 0.5) is 32.0 Å². The molecule has 0 saturated carbocycles. The average Bonchev–Trinajstić information content (AvgIpc) is 2.73. The first-order valence-electron chi connectivity index (χ1n) is 9.80. The van der Waals surface area contributed by atoms with Crippen molar-refractivity contribution in [3.05, 3.63) is 85.1 Å². The summed E-state index contributed by atoms with van der Waals surface area (Å²) >= 11 is 4.16. The summed E-state index contributed by atoms with van der Waals surface area (Å²) in [5, 5.41) is 0. The summed E-state index contributed by atoms with van der Waals surface area (Å²) in [6.45, 7) is 5.89. The minimum Gasteiger partial charge on any atom is -0.347 e. The van der Waals surface area contributed by atoms with Gasteiger partial charge in [-0.2, -0.15) is 39.0 Å². The molecule has 2 aromatic rings. The summed E-state index contributed by atoms with van der Waals surface area (Å²) in [5.41, 5.74) is 0.570. The zero-order valence-electron chi connectivity index (χ0n) is 18.3. The van der Waals surface area contributed by atoms with Gasteiger partial charge in [-0.05, 0) is 36.8 Å². The molecule has 0 amide bonds. The third-order valence-electron chi connectivity index (χ3n) is 3.52. The van der Waals surface area contributed by atoms with E-state index in [4.69, 9.17) is 0 Å². The standard InChI is InChI=1S/C19H18F3NOS.C3H6.C2H3F3/c20-19(21,22)18(24)17(15-8-3-1-4-9-15)14-23(12-7-13-25)16-10-5-2-6-11-16;1-3-2;1-2(3,4)5/h1-6,8-11,14,25H,7,12-13H2;3H,1H2,2H3;1H3/b17-14-;;. The highest BCUT2D eigenvalue weighted by Gasteiger charge is 2.41. The molecule has 0 aliphatic heterocycles. The van der Waals surface area contributed by atoms with E-state index in [2.05, 4.69) is 19.2 Å². The minimum absolute atomic E-state index is 0.188. The minimum atomic E-state index is -4.94. The Bertz CT molecular complexity index is 843. The van der Waals surface area contributed by atoms with Gasteiger partial charge in [0, 0.05) is 25.4 Å². The number of carbonyl (C=O) groups excluding carboxylic acids is 1. The number of Topliss-reactive ketones (excluding diaryl/α,β-unsaturated/α-hetero) is 1. The van der Waals surface area contributed by atoms with Crippen molar-refractivity contribution in [2.75, 3.05) is 17.2 Å². The molecule has 0 unspecified atom stereocenters. The number of para-hydroxylation sites is 1. The zero-order chi connectivity index (χ0) is 25.5. The highest BCUT2D eigenvalue weighted by atomic mass is 32.1. The second-order valence-electron chi connectivity index (χ2n) is 6.53. The summed E-state index contributed by atoms with van der Waals surface area (Å²) in [7, 11) is 0. The number of halogens is 6. The molecule has 2 aromatic carbocycles. The lowest BCUT2D eigenvalue weighted by Gasteiger charge is -2.22. The van der Waals surface area contributed by atoms with Crippen LogP contribution in [0.25, 0.3) is 5.57 Å². The smallest absolute Gasteiger partial charge is 0.347 e. The normalized spacial score (nSPS) is 11.4. The molecule has 2 nitrogen and oxygen atoms in total. The molecule has 0 atom stereocenters. The van der Waals surface area contributed by atoms with Crippen LogP contribution in [-0.4, -0.2) is 30.4 Å². The highest BCUT2D eigenvalue weighted by Crippen LogP contribution is 2.28. The molecule has 0 aliphatic rings. The van der Waals surface area contributed by atoms with Crippen LogP contribution < -0.4 is 4.90 Å². The Labute approximate surface area is 196 Å². The van der Waals surface area contributed by atoms with E-state index in [1.807, 2.05) is 13.0 Å². The van der Waals surface area contributed by atoms with Gasteiger partial charge < -0.3 is 4.90 Å². The fraction of sp³-hybridized carbons (Fsp3) is 0.292. The Morgan fingerprint density at radius 3 is 1.79 bits per heavy atom. The summed E-state index contributed by atoms with van der Waals surface area (Å²) in [5.74, 6) is -1.27. The first kappa shape index (κ1) is 30.3. The summed E-state index contributed by atoms with van der Waals surface area (Å²) in [4.78, 5) is 13.6. The fourth-order valence-electron chi connectivity index (χ4n) is 2.32. The van der Waals surface area contributed by atoms with Crippen LogP contribution in [0.15, 0.2) is 79.5 Å². The van der Waals surface area contributed by atoms with Crippen LogP contribution in [0.2, 0.25) is 0 Å². The number of thiol groups is 1. The van der Waals surface area contributed by atoms with E-state index in [0.717, 1.165) is 0 Å². The molecule has 33 heavy (non-hydrogen) atoms. The first-order chi connectivity index (χ1) is 15.3. The van der Waals surface area contributed by atoms with Crippen molar-refractivity contribution in [1.29, 1.82) is 0 Å². The molecule has 2 rings (SSSR count). The van der Waals surface area contributed by atoms with Crippen LogP contribution in [0.3, 0.4) is 0 Å². The number of benzene rings is 2. The van der Waals surface area contributed by atoms with Crippen molar-refractivity contribution in [3.8, 4) is 0 Å². The molecule has 0 saturated heterocycles. The van der Waals surface area contributed by atoms with Crippen molar-refractivity contribution in [2.24, 2.45) is 0 Å². The number of carbonyl (C=O) groups is 1. The van der Waals surface area contributed by atoms with Gasteiger partial charge in [0.05, 0.1) is 5.57 Å². The molecule has 0 aliphatic carbocycles. The Hall–Kier alpha value is -2.68. The quantitative estimate of drug-likeness (QED) is 0.185. The van der Waals surface area contributed by atoms with E-state index in [1.165, 1.54) is 18.3 Å². The lowest BCUT2D eigenvalue weighted by atomic mass is 10.0. The van der Waals surface area contributed by atoms with E-state index in [9.17, 15) is 31.1 Å². The Balaban J connectivity index is 0.00000111. The van der Waals surface area contributed by atoms with Crippen molar-refractivity contribution in [2.45, 2.75) is 32.6 Å². The highest BCUT2D eigenvalue weighted by molar-refractivity contribution is 7.80. The first-order valence-corrected chi connectivity index (χ1v) is 10.4.